The number of carbonyl (C=O) groups is 6. The Morgan fingerprint density at radius 1 is 1.04 bits per heavy atom. The molecule has 1 unspecified atom stereocenters. The Hall–Kier alpha value is -4.24. The molecule has 4 fully saturated rings. The average molecular weight is 747 g/mol. The maximum atomic E-state index is 13.9. The van der Waals surface area contributed by atoms with E-state index in [4.69, 9.17) is 37.6 Å². The van der Waals surface area contributed by atoms with Gasteiger partial charge in [-0.25, -0.2) is 4.79 Å². The number of esters is 5. The molecule has 5 rings (SSSR count). The van der Waals surface area contributed by atoms with Crippen molar-refractivity contribution in [2.24, 2.45) is 34.5 Å². The third kappa shape index (κ3) is 6.64. The van der Waals surface area contributed by atoms with Gasteiger partial charge in [0.05, 0.1) is 38.3 Å². The Bertz CT molecular complexity index is 1620. The fraction of sp³-hybridized carbons (Fsp3) is 0.684. The molecular formula is C38H50O15. The van der Waals surface area contributed by atoms with Crippen molar-refractivity contribution in [1.82, 2.24) is 0 Å². The molecule has 2 saturated heterocycles. The molecule has 2 aliphatic carbocycles. The average Bonchev–Trinajstić information content (AvgIpc) is 3.43. The van der Waals surface area contributed by atoms with E-state index >= 15 is 0 Å². The van der Waals surface area contributed by atoms with Crippen LogP contribution in [-0.2, 0) is 61.9 Å². The minimum atomic E-state index is -1.70. The summed E-state index contributed by atoms with van der Waals surface area (Å²) in [6.45, 7) is 15.7. The zero-order chi connectivity index (χ0) is 39.3. The second-order valence-corrected chi connectivity index (χ2v) is 15.7. The van der Waals surface area contributed by atoms with E-state index in [1.54, 1.807) is 27.0 Å². The van der Waals surface area contributed by atoms with Crippen LogP contribution in [0.5, 0.6) is 0 Å². The fourth-order valence-electron chi connectivity index (χ4n) is 9.89. The Labute approximate surface area is 307 Å². The first-order chi connectivity index (χ1) is 24.8. The van der Waals surface area contributed by atoms with E-state index in [2.05, 4.69) is 6.58 Å². The van der Waals surface area contributed by atoms with Gasteiger partial charge in [0, 0.05) is 55.3 Å². The van der Waals surface area contributed by atoms with E-state index in [1.807, 2.05) is 13.0 Å². The predicted octanol–water partition coefficient (Wildman–Crippen LogP) is 3.20. The molecule has 2 aliphatic heterocycles. The molecule has 15 nitrogen and oxygen atoms in total. The number of hydrogen-bond acceptors (Lipinski definition) is 15. The number of carbonyl (C=O) groups excluding carboxylic acids is 6. The van der Waals surface area contributed by atoms with Crippen LogP contribution in [0.3, 0.4) is 0 Å². The van der Waals surface area contributed by atoms with Crippen LogP contribution in [0.1, 0.15) is 79.7 Å². The second-order valence-electron chi connectivity index (χ2n) is 15.7. The van der Waals surface area contributed by atoms with Gasteiger partial charge in [0.15, 0.2) is 6.10 Å². The maximum Gasteiger partial charge on any atom is 0.335 e. The van der Waals surface area contributed by atoms with Crippen LogP contribution < -0.4 is 0 Å². The molecule has 1 aromatic rings. The quantitative estimate of drug-likeness (QED) is 0.101. The fourth-order valence-corrected chi connectivity index (χ4v) is 9.89. The summed E-state index contributed by atoms with van der Waals surface area (Å²) in [7, 11) is 0. The van der Waals surface area contributed by atoms with Crippen molar-refractivity contribution in [1.29, 1.82) is 0 Å². The Balaban J connectivity index is 1.81. The molecule has 3 heterocycles. The number of furan rings is 1. The predicted molar refractivity (Wildman–Crippen MR) is 180 cm³/mol. The van der Waals surface area contributed by atoms with Gasteiger partial charge >= 0.3 is 29.8 Å². The lowest BCUT2D eigenvalue weighted by atomic mass is 9.45. The topological polar surface area (TPSA) is 204 Å². The molecular weight excluding hydrogens is 696 g/mol. The van der Waals surface area contributed by atoms with E-state index in [9.17, 15) is 33.9 Å². The van der Waals surface area contributed by atoms with Gasteiger partial charge in [-0.1, -0.05) is 34.3 Å². The van der Waals surface area contributed by atoms with Crippen molar-refractivity contribution in [3.05, 3.63) is 36.3 Å². The molecule has 15 heteroatoms. The summed E-state index contributed by atoms with van der Waals surface area (Å²) in [5, 5.41) is 11.0. The number of aliphatic hydroxyl groups is 1. The molecule has 0 radical (unpaired) electrons. The minimum Gasteiger partial charge on any atom is -0.472 e. The standard InChI is InChI=1S/C38H50O15/c1-19(2)32(44)34(45)51-33-25(15-47-18-39)31(20(3)38-29(52-38)12-26(37(33,38)9)24-10-11-46-14-24)36(8)27(16-48-21(4)40)35(7,17-49-22(5)41)53-30(43)13-28(36)50-23(6)42/h10-11,14,18-19,25-29,31-33,44H,3,12-13,15-17H2,1-2,4-9H3/t25-,26-,27+,28+,29-,31?,32-,33-,35-,36-,37-,38-/m1/s1. The second kappa shape index (κ2) is 14.5. The van der Waals surface area contributed by atoms with Crippen molar-refractivity contribution in [3.63, 3.8) is 0 Å². The largest absolute Gasteiger partial charge is 0.472 e. The molecule has 12 atom stereocenters. The van der Waals surface area contributed by atoms with Crippen molar-refractivity contribution in [2.75, 3.05) is 19.8 Å². The maximum absolute atomic E-state index is 13.9. The zero-order valence-electron chi connectivity index (χ0n) is 31.4. The van der Waals surface area contributed by atoms with Crippen molar-refractivity contribution in [2.45, 2.75) is 110 Å². The molecule has 4 aliphatic rings. The lowest BCUT2D eigenvalue weighted by molar-refractivity contribution is -0.217. The zero-order valence-corrected chi connectivity index (χ0v) is 31.4. The monoisotopic (exact) mass is 746 g/mol. The first-order valence-electron chi connectivity index (χ1n) is 17.8. The molecule has 1 spiro atoms. The number of aliphatic hydroxyl groups excluding tert-OH is 1. The highest BCUT2D eigenvalue weighted by Crippen LogP contribution is 2.77. The van der Waals surface area contributed by atoms with E-state index in [0.29, 0.717) is 12.0 Å². The van der Waals surface area contributed by atoms with Crippen molar-refractivity contribution < 1.29 is 71.4 Å². The normalized spacial score (nSPS) is 38.0. The van der Waals surface area contributed by atoms with Crippen LogP contribution in [0.4, 0.5) is 0 Å². The molecule has 1 N–H and O–H groups in total. The van der Waals surface area contributed by atoms with Crippen LogP contribution in [-0.4, -0.2) is 96.9 Å². The summed E-state index contributed by atoms with van der Waals surface area (Å²) in [4.78, 5) is 77.0. The van der Waals surface area contributed by atoms with Gasteiger partial charge in [-0.2, -0.15) is 0 Å². The number of cyclic esters (lactones) is 1. The molecule has 292 valence electrons. The molecule has 53 heavy (non-hydrogen) atoms. The molecule has 0 aromatic carbocycles. The summed E-state index contributed by atoms with van der Waals surface area (Å²) in [5.74, 6) is -7.77. The summed E-state index contributed by atoms with van der Waals surface area (Å²) in [6, 6.07) is 1.81. The van der Waals surface area contributed by atoms with Gasteiger partial charge in [0.1, 0.15) is 30.0 Å². The summed E-state index contributed by atoms with van der Waals surface area (Å²) in [6.07, 6.45) is -1.32. The van der Waals surface area contributed by atoms with Gasteiger partial charge in [-0.3, -0.25) is 24.0 Å². The molecule has 0 amide bonds. The highest BCUT2D eigenvalue weighted by molar-refractivity contribution is 5.75. The first-order valence-corrected chi connectivity index (χ1v) is 17.8. The van der Waals surface area contributed by atoms with Gasteiger partial charge in [0.2, 0.25) is 0 Å². The third-order valence-corrected chi connectivity index (χ3v) is 12.3. The van der Waals surface area contributed by atoms with Gasteiger partial charge in [-0.15, -0.1) is 0 Å². The van der Waals surface area contributed by atoms with Crippen molar-refractivity contribution in [3.8, 4) is 0 Å². The highest BCUT2D eigenvalue weighted by atomic mass is 16.6. The SMILES string of the molecule is C=C1C([C@@]2(C)[C@@H](OC(C)=O)CC(=O)O[C@](C)(COC(C)=O)[C@@H]2COC(C)=O)[C@@H](COC=O)[C@@H](OC(=O)[C@H](O)C(C)C)[C@@]2(C)[C@@H](c3ccoc3)C[C@H]3O[C@]132. The molecule has 2 saturated carbocycles. The minimum absolute atomic E-state index is 0.250. The van der Waals surface area contributed by atoms with Gasteiger partial charge in [-0.05, 0) is 36.5 Å². The van der Waals surface area contributed by atoms with Gasteiger partial charge < -0.3 is 42.7 Å². The van der Waals surface area contributed by atoms with Crippen LogP contribution in [0.25, 0.3) is 0 Å². The summed E-state index contributed by atoms with van der Waals surface area (Å²) < 4.78 is 47.1. The van der Waals surface area contributed by atoms with Crippen LogP contribution in [0, 0.1) is 34.5 Å². The van der Waals surface area contributed by atoms with Gasteiger partial charge in [0.25, 0.3) is 6.47 Å². The number of rotatable bonds is 13. The Kier molecular flexibility index (Phi) is 11.0. The van der Waals surface area contributed by atoms with E-state index < -0.39 is 120 Å². The number of ether oxygens (including phenoxy) is 7. The Morgan fingerprint density at radius 3 is 2.28 bits per heavy atom. The third-order valence-electron chi connectivity index (χ3n) is 12.3. The smallest absolute Gasteiger partial charge is 0.335 e. The summed E-state index contributed by atoms with van der Waals surface area (Å²) >= 11 is 0. The Morgan fingerprint density at radius 2 is 1.72 bits per heavy atom. The summed E-state index contributed by atoms with van der Waals surface area (Å²) in [5.41, 5.74) is -4.26. The van der Waals surface area contributed by atoms with Crippen LogP contribution in [0.2, 0.25) is 0 Å². The first kappa shape index (κ1) is 40.0. The number of epoxide rings is 1. The lowest BCUT2D eigenvalue weighted by Crippen LogP contribution is -2.67. The molecule has 1 aromatic heterocycles. The van der Waals surface area contributed by atoms with E-state index in [-0.39, 0.29) is 19.0 Å². The molecule has 0 bridgehead atoms. The lowest BCUT2D eigenvalue weighted by Gasteiger charge is -2.60. The van der Waals surface area contributed by atoms with Crippen molar-refractivity contribution >= 4 is 36.3 Å². The highest BCUT2D eigenvalue weighted by Gasteiger charge is 2.84. The van der Waals surface area contributed by atoms with Crippen LogP contribution >= 0.6 is 0 Å². The van der Waals surface area contributed by atoms with Crippen LogP contribution in [0.15, 0.2) is 35.2 Å². The van der Waals surface area contributed by atoms with E-state index in [1.165, 1.54) is 34.0 Å². The number of hydrogen-bond donors (Lipinski definition) is 1. The van der Waals surface area contributed by atoms with E-state index in [0.717, 1.165) is 5.56 Å².